The molecule has 0 saturated carbocycles. The first-order valence-electron chi connectivity index (χ1n) is 9.86. The number of nitrogens with zero attached hydrogens (tertiary/aromatic N) is 4. The van der Waals surface area contributed by atoms with Crippen molar-refractivity contribution in [2.24, 2.45) is 0 Å². The van der Waals surface area contributed by atoms with Gasteiger partial charge in [0.1, 0.15) is 31.2 Å². The van der Waals surface area contributed by atoms with E-state index < -0.39 is 32.1 Å². The summed E-state index contributed by atoms with van der Waals surface area (Å²) in [5.41, 5.74) is 1.93. The van der Waals surface area contributed by atoms with Crippen LogP contribution in [0.2, 0.25) is 0 Å². The number of aliphatic hydroxyl groups is 2. The van der Waals surface area contributed by atoms with Gasteiger partial charge in [-0.15, -0.1) is 4.67 Å². The van der Waals surface area contributed by atoms with E-state index in [-0.39, 0.29) is 12.6 Å². The van der Waals surface area contributed by atoms with Gasteiger partial charge in [-0.1, -0.05) is 30.3 Å². The van der Waals surface area contributed by atoms with Crippen LogP contribution in [0.5, 0.6) is 0 Å². The Kier molecular flexibility index (Phi) is 6.54. The molecular formula is C19H24N5O7P. The Labute approximate surface area is 183 Å². The Morgan fingerprint density at radius 1 is 1.22 bits per heavy atom. The quantitative estimate of drug-likeness (QED) is 0.216. The molecule has 2 aromatic heterocycles. The molecule has 3 aromatic rings. The van der Waals surface area contributed by atoms with Crippen LogP contribution < -0.4 is 5.32 Å². The minimum Gasteiger partial charge on any atom is -0.387 e. The highest BCUT2D eigenvalue weighted by Crippen LogP contribution is 2.38. The van der Waals surface area contributed by atoms with Gasteiger partial charge in [-0.3, -0.25) is 9.13 Å². The van der Waals surface area contributed by atoms with E-state index in [1.54, 1.807) is 0 Å². The predicted molar refractivity (Wildman–Crippen MR) is 113 cm³/mol. The lowest BCUT2D eigenvalue weighted by Gasteiger charge is -2.17. The Hall–Kier alpha value is -2.44. The van der Waals surface area contributed by atoms with Gasteiger partial charge in [-0.05, 0) is 12.5 Å². The summed E-state index contributed by atoms with van der Waals surface area (Å²) in [6.45, 7) is 2.59. The average Bonchev–Trinajstić information content (AvgIpc) is 3.30. The molecule has 1 aliphatic rings. The number of fused-ring (bicyclic) bond motifs is 1. The maximum atomic E-state index is 11.2. The zero-order valence-corrected chi connectivity index (χ0v) is 18.2. The summed E-state index contributed by atoms with van der Waals surface area (Å²) in [5.74, 6) is 0.507. The smallest absolute Gasteiger partial charge is 0.352 e. The molecule has 0 amide bonds. The standard InChI is InChI=1S/C19H24N5O7P/c1-11(12-6-4-3-5-7-12)23-17-14-18(21-9-20-17)24(10-22-14)19-16(26)15(25)13(30-19)8-29-31-32(2,27)28/h3-7,9-11,13,15-16,19,25-26H,8H2,1-2H3,(H,27,28)(H,20,21,23)/t11?,13-,15-,16-,19-/m1/s1. The van der Waals surface area contributed by atoms with Crippen LogP contribution in [0.3, 0.4) is 0 Å². The van der Waals surface area contributed by atoms with E-state index in [0.717, 1.165) is 12.2 Å². The van der Waals surface area contributed by atoms with Gasteiger partial charge in [-0.25, -0.2) is 19.8 Å². The van der Waals surface area contributed by atoms with Gasteiger partial charge in [-0.2, -0.15) is 0 Å². The maximum absolute atomic E-state index is 11.2. The molecule has 3 heterocycles. The van der Waals surface area contributed by atoms with Gasteiger partial charge < -0.3 is 25.2 Å². The van der Waals surface area contributed by atoms with Crippen LogP contribution in [-0.2, 0) is 18.9 Å². The molecule has 4 N–H and O–H groups in total. The number of aromatic nitrogens is 4. The van der Waals surface area contributed by atoms with Crippen molar-refractivity contribution in [3.63, 3.8) is 0 Å². The summed E-state index contributed by atoms with van der Waals surface area (Å²) in [6.07, 6.45) is -1.86. The first-order chi connectivity index (χ1) is 15.2. The van der Waals surface area contributed by atoms with Gasteiger partial charge >= 0.3 is 7.60 Å². The van der Waals surface area contributed by atoms with Gasteiger partial charge in [0.25, 0.3) is 0 Å². The molecule has 1 aromatic carbocycles. The lowest BCUT2D eigenvalue weighted by atomic mass is 10.1. The van der Waals surface area contributed by atoms with Crippen molar-refractivity contribution in [3.8, 4) is 0 Å². The number of hydrogen-bond donors (Lipinski definition) is 4. The van der Waals surface area contributed by atoms with Crippen molar-refractivity contribution in [1.82, 2.24) is 19.5 Å². The number of hydrogen-bond acceptors (Lipinski definition) is 10. The van der Waals surface area contributed by atoms with Crippen LogP contribution >= 0.6 is 7.60 Å². The molecule has 12 nitrogen and oxygen atoms in total. The lowest BCUT2D eigenvalue weighted by Crippen LogP contribution is -2.33. The van der Waals surface area contributed by atoms with E-state index in [4.69, 9.17) is 9.63 Å². The number of rotatable bonds is 8. The normalized spacial score (nSPS) is 26.2. The molecule has 2 unspecified atom stereocenters. The fourth-order valence-corrected chi connectivity index (χ4v) is 3.72. The lowest BCUT2D eigenvalue weighted by molar-refractivity contribution is -0.238. The third-order valence-electron chi connectivity index (χ3n) is 5.05. The van der Waals surface area contributed by atoms with Crippen LogP contribution in [0.15, 0.2) is 43.0 Å². The molecule has 0 aliphatic carbocycles. The number of anilines is 1. The highest BCUT2D eigenvalue weighted by Gasteiger charge is 2.44. The van der Waals surface area contributed by atoms with E-state index >= 15 is 0 Å². The summed E-state index contributed by atoms with van der Waals surface area (Å²) in [6, 6.07) is 9.80. The molecule has 4 rings (SSSR count). The molecule has 1 aliphatic heterocycles. The SMILES string of the molecule is CC(Nc1ncnc2c1ncn2[C@@H]1O[C@H](COOP(C)(=O)O)[C@@H](O)[C@H]1O)c1ccccc1. The van der Waals surface area contributed by atoms with Crippen LogP contribution in [0.1, 0.15) is 24.8 Å². The van der Waals surface area contributed by atoms with E-state index in [1.807, 2.05) is 37.3 Å². The Balaban J connectivity index is 1.52. The van der Waals surface area contributed by atoms with Gasteiger partial charge in [0.05, 0.1) is 12.4 Å². The Bertz CT molecular complexity index is 1110. The van der Waals surface area contributed by atoms with Crippen LogP contribution in [0, 0.1) is 0 Å². The maximum Gasteiger partial charge on any atom is 0.352 e. The second-order valence-electron chi connectivity index (χ2n) is 7.53. The minimum atomic E-state index is -3.85. The van der Waals surface area contributed by atoms with Crippen LogP contribution in [0.25, 0.3) is 11.2 Å². The molecule has 6 atom stereocenters. The molecule has 0 spiro atoms. The second-order valence-corrected chi connectivity index (χ2v) is 9.29. The topological polar surface area (TPSA) is 161 Å². The highest BCUT2D eigenvalue weighted by molar-refractivity contribution is 7.51. The number of aliphatic hydroxyl groups excluding tert-OH is 2. The van der Waals surface area contributed by atoms with Crippen molar-refractivity contribution >= 4 is 24.6 Å². The van der Waals surface area contributed by atoms with Gasteiger partial charge in [0.2, 0.25) is 0 Å². The van der Waals surface area contributed by atoms with E-state index in [2.05, 4.69) is 29.8 Å². The number of imidazole rings is 1. The van der Waals surface area contributed by atoms with Crippen LogP contribution in [0.4, 0.5) is 5.82 Å². The zero-order chi connectivity index (χ0) is 22.9. The average molecular weight is 465 g/mol. The van der Waals surface area contributed by atoms with Crippen molar-refractivity contribution < 1.29 is 34.0 Å². The highest BCUT2D eigenvalue weighted by atomic mass is 31.2. The van der Waals surface area contributed by atoms with Crippen molar-refractivity contribution in [1.29, 1.82) is 0 Å². The monoisotopic (exact) mass is 465 g/mol. The van der Waals surface area contributed by atoms with E-state index in [9.17, 15) is 14.8 Å². The molecule has 0 radical (unpaired) electrons. The van der Waals surface area contributed by atoms with Gasteiger partial charge in [0, 0.05) is 6.66 Å². The predicted octanol–water partition coefficient (Wildman–Crippen LogP) is 1.38. The van der Waals surface area contributed by atoms with Crippen molar-refractivity contribution in [2.75, 3.05) is 18.6 Å². The third kappa shape index (κ3) is 4.81. The van der Waals surface area contributed by atoms with Crippen LogP contribution in [-0.4, -0.2) is 66.2 Å². The van der Waals surface area contributed by atoms with Crippen molar-refractivity contribution in [2.45, 2.75) is 37.5 Å². The molecule has 13 heteroatoms. The summed E-state index contributed by atoms with van der Waals surface area (Å²) in [5, 5.41) is 24.1. The molecule has 1 saturated heterocycles. The summed E-state index contributed by atoms with van der Waals surface area (Å²) in [7, 11) is -3.85. The van der Waals surface area contributed by atoms with E-state index in [1.165, 1.54) is 17.2 Å². The molecule has 1 fully saturated rings. The summed E-state index contributed by atoms with van der Waals surface area (Å²) in [4.78, 5) is 26.7. The second kappa shape index (κ2) is 9.20. The minimum absolute atomic E-state index is 0.0443. The van der Waals surface area contributed by atoms with Gasteiger partial charge in [0.15, 0.2) is 23.2 Å². The van der Waals surface area contributed by atoms with Crippen molar-refractivity contribution in [3.05, 3.63) is 48.5 Å². The summed E-state index contributed by atoms with van der Waals surface area (Å²) < 4.78 is 22.7. The fraction of sp³-hybridized carbons (Fsp3) is 0.421. The van der Waals surface area contributed by atoms with E-state index in [0.29, 0.717) is 17.0 Å². The first-order valence-corrected chi connectivity index (χ1v) is 11.9. The molecule has 32 heavy (non-hydrogen) atoms. The number of benzene rings is 1. The zero-order valence-electron chi connectivity index (χ0n) is 17.3. The number of nitrogens with one attached hydrogen (secondary N) is 1. The molecule has 0 bridgehead atoms. The third-order valence-corrected chi connectivity index (χ3v) is 5.43. The first kappa shape index (κ1) is 22.7. The molecule has 172 valence electrons. The Morgan fingerprint density at radius 2 is 1.97 bits per heavy atom. The fourth-order valence-electron chi connectivity index (χ4n) is 3.47. The summed E-state index contributed by atoms with van der Waals surface area (Å²) >= 11 is 0. The Morgan fingerprint density at radius 3 is 2.69 bits per heavy atom. The molecular weight excluding hydrogens is 441 g/mol. The number of ether oxygens (including phenoxy) is 1. The largest absolute Gasteiger partial charge is 0.387 e.